The summed E-state index contributed by atoms with van der Waals surface area (Å²) >= 11 is 0. The van der Waals surface area contributed by atoms with Crippen LogP contribution >= 0.6 is 0 Å². The molecule has 3 N–H and O–H groups in total. The quantitative estimate of drug-likeness (QED) is 0.702. The fourth-order valence-corrected chi connectivity index (χ4v) is 3.74. The molecule has 0 radical (unpaired) electrons. The van der Waals surface area contributed by atoms with Crippen LogP contribution in [0.15, 0.2) is 60.9 Å². The van der Waals surface area contributed by atoms with Crippen LogP contribution in [0.2, 0.25) is 0 Å². The zero-order valence-corrected chi connectivity index (χ0v) is 16.0. The average molecular weight is 369 g/mol. The van der Waals surface area contributed by atoms with E-state index in [0.29, 0.717) is 24.4 Å². The van der Waals surface area contributed by atoms with Gasteiger partial charge in [-0.25, -0.2) is 4.39 Å². The first kappa shape index (κ1) is 19.4. The van der Waals surface area contributed by atoms with Gasteiger partial charge in [-0.05, 0) is 25.0 Å². The third-order valence-electron chi connectivity index (χ3n) is 5.23. The molecule has 0 aliphatic carbocycles. The molecule has 1 aliphatic heterocycles. The molecule has 2 aromatic rings. The molecule has 0 spiro atoms. The van der Waals surface area contributed by atoms with Gasteiger partial charge in [0.25, 0.3) is 0 Å². The highest BCUT2D eigenvalue weighted by Gasteiger charge is 2.44. The standard InChI is InChI=1S/C22H28FN3O/c1-16-9-10-20(23)19(13-16)21(25-17(2)24-3)22(27)11-12-26(15-22)14-18-7-5-4-6-8-18/h4-10,13,21,24-25,27H,2,11-12,14-15H2,1,3H3. The number of β-amino-alcohol motifs (C(OH)–C–C–N with tert-alkyl or cyclic N) is 1. The van der Waals surface area contributed by atoms with E-state index in [0.717, 1.165) is 18.7 Å². The van der Waals surface area contributed by atoms with E-state index in [9.17, 15) is 9.50 Å². The topological polar surface area (TPSA) is 47.5 Å². The molecule has 144 valence electrons. The molecular weight excluding hydrogens is 341 g/mol. The highest BCUT2D eigenvalue weighted by atomic mass is 19.1. The van der Waals surface area contributed by atoms with Crippen molar-refractivity contribution in [2.24, 2.45) is 0 Å². The summed E-state index contributed by atoms with van der Waals surface area (Å²) in [5, 5.41) is 17.6. The first-order valence-electron chi connectivity index (χ1n) is 9.29. The Morgan fingerprint density at radius 2 is 2.04 bits per heavy atom. The van der Waals surface area contributed by atoms with Crippen molar-refractivity contribution in [3.05, 3.63) is 83.4 Å². The molecule has 0 amide bonds. The number of nitrogens with zero attached hydrogens (tertiary/aromatic N) is 1. The number of likely N-dealkylation sites (tertiary alicyclic amines) is 1. The molecule has 0 aromatic heterocycles. The van der Waals surface area contributed by atoms with E-state index in [2.05, 4.69) is 34.2 Å². The Labute approximate surface area is 160 Å². The monoisotopic (exact) mass is 369 g/mol. The minimum atomic E-state index is -1.09. The van der Waals surface area contributed by atoms with Gasteiger partial charge in [0.05, 0.1) is 11.9 Å². The lowest BCUT2D eigenvalue weighted by Gasteiger charge is -2.35. The molecular formula is C22H28FN3O. The van der Waals surface area contributed by atoms with Crippen molar-refractivity contribution in [3.8, 4) is 0 Å². The van der Waals surface area contributed by atoms with Gasteiger partial charge in [0.2, 0.25) is 0 Å². The summed E-state index contributed by atoms with van der Waals surface area (Å²) in [5.41, 5.74) is 1.53. The van der Waals surface area contributed by atoms with Crippen LogP contribution < -0.4 is 10.6 Å². The number of aliphatic hydroxyl groups is 1. The third-order valence-corrected chi connectivity index (χ3v) is 5.23. The molecule has 3 rings (SSSR count). The molecule has 0 saturated carbocycles. The van der Waals surface area contributed by atoms with Crippen LogP contribution in [0.3, 0.4) is 0 Å². The highest BCUT2D eigenvalue weighted by Crippen LogP contribution is 2.36. The third kappa shape index (κ3) is 4.49. The van der Waals surface area contributed by atoms with Crippen LogP contribution in [0.25, 0.3) is 0 Å². The molecule has 2 aromatic carbocycles. The van der Waals surface area contributed by atoms with Crippen molar-refractivity contribution >= 4 is 0 Å². The molecule has 4 nitrogen and oxygen atoms in total. The van der Waals surface area contributed by atoms with Crippen LogP contribution in [-0.4, -0.2) is 35.7 Å². The SMILES string of the molecule is C=C(NC)NC(c1cc(C)ccc1F)C1(O)CCN(Cc2ccccc2)C1. The Balaban J connectivity index is 1.85. The minimum absolute atomic E-state index is 0.322. The van der Waals surface area contributed by atoms with Crippen molar-refractivity contribution in [1.82, 2.24) is 15.5 Å². The zero-order valence-electron chi connectivity index (χ0n) is 16.0. The van der Waals surface area contributed by atoms with Gasteiger partial charge >= 0.3 is 0 Å². The second-order valence-corrected chi connectivity index (χ2v) is 7.38. The van der Waals surface area contributed by atoms with Gasteiger partial charge in [-0.1, -0.05) is 54.6 Å². The fourth-order valence-electron chi connectivity index (χ4n) is 3.74. The highest BCUT2D eigenvalue weighted by molar-refractivity contribution is 5.31. The van der Waals surface area contributed by atoms with Crippen LogP contribution in [-0.2, 0) is 6.54 Å². The predicted octanol–water partition coefficient (Wildman–Crippen LogP) is 3.09. The molecule has 0 bridgehead atoms. The largest absolute Gasteiger partial charge is 0.386 e. The molecule has 2 atom stereocenters. The smallest absolute Gasteiger partial charge is 0.128 e. The Hall–Kier alpha value is -2.37. The summed E-state index contributed by atoms with van der Waals surface area (Å²) in [6.07, 6.45) is 0.557. The lowest BCUT2D eigenvalue weighted by atomic mass is 9.86. The summed E-state index contributed by atoms with van der Waals surface area (Å²) in [6, 6.07) is 14.6. The first-order chi connectivity index (χ1) is 12.9. The first-order valence-corrected chi connectivity index (χ1v) is 9.29. The van der Waals surface area contributed by atoms with E-state index >= 15 is 0 Å². The number of hydrogen-bond acceptors (Lipinski definition) is 4. The zero-order chi connectivity index (χ0) is 19.4. The Kier molecular flexibility index (Phi) is 5.82. The van der Waals surface area contributed by atoms with E-state index < -0.39 is 11.6 Å². The van der Waals surface area contributed by atoms with Gasteiger partial charge in [-0.3, -0.25) is 4.90 Å². The van der Waals surface area contributed by atoms with E-state index in [1.807, 2.05) is 25.1 Å². The molecule has 2 unspecified atom stereocenters. The van der Waals surface area contributed by atoms with Crippen molar-refractivity contribution < 1.29 is 9.50 Å². The second kappa shape index (κ2) is 8.11. The summed E-state index contributed by atoms with van der Waals surface area (Å²) in [5.74, 6) is 0.229. The lowest BCUT2D eigenvalue weighted by molar-refractivity contribution is 0.0106. The van der Waals surface area contributed by atoms with Crippen molar-refractivity contribution in [2.45, 2.75) is 31.5 Å². The molecule has 1 aliphatic rings. The van der Waals surface area contributed by atoms with Gasteiger partial charge < -0.3 is 15.7 Å². The molecule has 27 heavy (non-hydrogen) atoms. The van der Waals surface area contributed by atoms with Crippen LogP contribution in [0.4, 0.5) is 4.39 Å². The van der Waals surface area contributed by atoms with Gasteiger partial charge in [0.1, 0.15) is 11.4 Å². The van der Waals surface area contributed by atoms with E-state index in [-0.39, 0.29) is 5.82 Å². The average Bonchev–Trinajstić information content (AvgIpc) is 3.04. The number of rotatable bonds is 7. The Morgan fingerprint density at radius 3 is 2.74 bits per heavy atom. The van der Waals surface area contributed by atoms with Gasteiger partial charge in [-0.2, -0.15) is 0 Å². The summed E-state index contributed by atoms with van der Waals surface area (Å²) in [7, 11) is 1.75. The predicted molar refractivity (Wildman–Crippen MR) is 106 cm³/mol. The molecule has 1 saturated heterocycles. The number of aryl methyl sites for hydroxylation is 1. The fraction of sp³-hybridized carbons (Fsp3) is 0.364. The number of halogens is 1. The van der Waals surface area contributed by atoms with Crippen molar-refractivity contribution in [2.75, 3.05) is 20.1 Å². The van der Waals surface area contributed by atoms with Gasteiger partial charge in [0, 0.05) is 32.2 Å². The van der Waals surface area contributed by atoms with Crippen molar-refractivity contribution in [3.63, 3.8) is 0 Å². The Morgan fingerprint density at radius 1 is 1.30 bits per heavy atom. The van der Waals surface area contributed by atoms with Gasteiger partial charge in [-0.15, -0.1) is 0 Å². The molecule has 5 heteroatoms. The van der Waals surface area contributed by atoms with Gasteiger partial charge in [0.15, 0.2) is 0 Å². The minimum Gasteiger partial charge on any atom is -0.386 e. The maximum Gasteiger partial charge on any atom is 0.128 e. The summed E-state index contributed by atoms with van der Waals surface area (Å²) in [6.45, 7) is 7.81. The maximum atomic E-state index is 14.6. The van der Waals surface area contributed by atoms with E-state index in [1.54, 1.807) is 19.2 Å². The molecule has 1 heterocycles. The normalized spacial score (nSPS) is 21.0. The van der Waals surface area contributed by atoms with Crippen LogP contribution in [0.5, 0.6) is 0 Å². The Bertz CT molecular complexity index is 795. The van der Waals surface area contributed by atoms with Crippen LogP contribution in [0, 0.1) is 12.7 Å². The van der Waals surface area contributed by atoms with E-state index in [4.69, 9.17) is 0 Å². The second-order valence-electron chi connectivity index (χ2n) is 7.38. The number of nitrogens with one attached hydrogen (secondary N) is 2. The number of benzene rings is 2. The summed E-state index contributed by atoms with van der Waals surface area (Å²) < 4.78 is 14.6. The lowest BCUT2D eigenvalue weighted by Crippen LogP contribution is -2.47. The van der Waals surface area contributed by atoms with E-state index in [1.165, 1.54) is 11.6 Å². The number of hydrogen-bond donors (Lipinski definition) is 3. The van der Waals surface area contributed by atoms with Crippen molar-refractivity contribution in [1.29, 1.82) is 0 Å². The van der Waals surface area contributed by atoms with Crippen LogP contribution in [0.1, 0.15) is 29.2 Å². The maximum absolute atomic E-state index is 14.6. The molecule has 1 fully saturated rings. The summed E-state index contributed by atoms with van der Waals surface area (Å²) in [4.78, 5) is 2.21.